The second kappa shape index (κ2) is 12.1. The van der Waals surface area contributed by atoms with Gasteiger partial charge >= 0.3 is 5.97 Å². The Labute approximate surface area is 241 Å². The second-order valence-corrected chi connectivity index (χ2v) is 9.52. The number of carbonyl (C=O) groups is 3. The average molecular weight is 626 g/mol. The van der Waals surface area contributed by atoms with Gasteiger partial charge in [-0.2, -0.15) is 0 Å². The van der Waals surface area contributed by atoms with Crippen LogP contribution in [0.25, 0.3) is 6.08 Å². The standard InChI is InChI=1S/C27H20BrN3O8S/c1-2-38-22-12-17(21(28)13-23(22)39-14-15-5-3-8-19(9-15)31(36)37)11-20-24(32)29-27(40)30(25(20)33)18-7-4-6-16(10-18)26(34)35/h3-13H,2,14H2,1H3,(H,34,35)(H,29,32,40). The van der Waals surface area contributed by atoms with Gasteiger partial charge in [0.1, 0.15) is 12.2 Å². The van der Waals surface area contributed by atoms with Crippen LogP contribution in [0.5, 0.6) is 11.5 Å². The van der Waals surface area contributed by atoms with Crippen LogP contribution in [0.4, 0.5) is 11.4 Å². The number of amides is 2. The predicted octanol–water partition coefficient (Wildman–Crippen LogP) is 4.86. The number of hydrogen-bond acceptors (Lipinski definition) is 8. The molecule has 40 heavy (non-hydrogen) atoms. The number of nitro groups is 1. The molecule has 0 aliphatic carbocycles. The Balaban J connectivity index is 1.66. The Morgan fingerprint density at radius 3 is 2.55 bits per heavy atom. The van der Waals surface area contributed by atoms with Gasteiger partial charge in [-0.15, -0.1) is 0 Å². The summed E-state index contributed by atoms with van der Waals surface area (Å²) in [7, 11) is 0. The molecule has 4 rings (SSSR count). The molecule has 0 saturated carbocycles. The number of ether oxygens (including phenoxy) is 2. The van der Waals surface area contributed by atoms with Crippen LogP contribution >= 0.6 is 28.1 Å². The third kappa shape index (κ3) is 6.16. The highest BCUT2D eigenvalue weighted by atomic mass is 79.9. The second-order valence-electron chi connectivity index (χ2n) is 8.28. The molecule has 1 aliphatic heterocycles. The first-order valence-corrected chi connectivity index (χ1v) is 12.9. The minimum Gasteiger partial charge on any atom is -0.490 e. The summed E-state index contributed by atoms with van der Waals surface area (Å²) in [4.78, 5) is 49.2. The van der Waals surface area contributed by atoms with Gasteiger partial charge < -0.3 is 14.6 Å². The van der Waals surface area contributed by atoms with Crippen molar-refractivity contribution in [2.24, 2.45) is 0 Å². The molecule has 13 heteroatoms. The number of nitrogens with zero attached hydrogens (tertiary/aromatic N) is 2. The number of benzene rings is 3. The third-order valence-electron chi connectivity index (χ3n) is 5.63. The van der Waals surface area contributed by atoms with E-state index in [-0.39, 0.29) is 40.8 Å². The number of carbonyl (C=O) groups excluding carboxylic acids is 2. The minimum absolute atomic E-state index is 0.0251. The predicted molar refractivity (Wildman–Crippen MR) is 152 cm³/mol. The van der Waals surface area contributed by atoms with Crippen LogP contribution in [-0.2, 0) is 16.2 Å². The van der Waals surface area contributed by atoms with Crippen molar-refractivity contribution >= 4 is 68.5 Å². The van der Waals surface area contributed by atoms with E-state index in [0.717, 1.165) is 4.90 Å². The van der Waals surface area contributed by atoms with Crippen LogP contribution in [0.1, 0.15) is 28.4 Å². The van der Waals surface area contributed by atoms with Gasteiger partial charge in [-0.3, -0.25) is 29.9 Å². The van der Waals surface area contributed by atoms with Crippen LogP contribution in [-0.4, -0.2) is 39.5 Å². The van der Waals surface area contributed by atoms with E-state index in [0.29, 0.717) is 27.1 Å². The number of carboxylic acids is 1. The van der Waals surface area contributed by atoms with E-state index in [4.69, 9.17) is 21.7 Å². The maximum Gasteiger partial charge on any atom is 0.335 e. The van der Waals surface area contributed by atoms with Gasteiger partial charge in [0.05, 0.1) is 22.8 Å². The van der Waals surface area contributed by atoms with Crippen LogP contribution in [0, 0.1) is 10.1 Å². The lowest BCUT2D eigenvalue weighted by atomic mass is 10.1. The first kappa shape index (κ1) is 28.4. The zero-order valence-corrected chi connectivity index (χ0v) is 23.2. The molecule has 0 spiro atoms. The summed E-state index contributed by atoms with van der Waals surface area (Å²) in [6, 6.07) is 14.8. The van der Waals surface area contributed by atoms with Crippen molar-refractivity contribution in [3.05, 3.63) is 97.5 Å². The maximum absolute atomic E-state index is 13.4. The zero-order chi connectivity index (χ0) is 29.0. The molecule has 0 unspecified atom stereocenters. The number of rotatable bonds is 9. The highest BCUT2D eigenvalue weighted by Crippen LogP contribution is 2.36. The van der Waals surface area contributed by atoms with Crippen LogP contribution < -0.4 is 19.7 Å². The number of thiocarbonyl (C=S) groups is 1. The lowest BCUT2D eigenvalue weighted by Crippen LogP contribution is -2.54. The summed E-state index contributed by atoms with van der Waals surface area (Å²) in [5.41, 5.74) is 0.805. The molecule has 204 valence electrons. The summed E-state index contributed by atoms with van der Waals surface area (Å²) < 4.78 is 12.1. The zero-order valence-electron chi connectivity index (χ0n) is 20.8. The molecule has 2 amide bonds. The Morgan fingerprint density at radius 1 is 1.12 bits per heavy atom. The van der Waals surface area contributed by atoms with E-state index in [2.05, 4.69) is 21.2 Å². The topological polar surface area (TPSA) is 148 Å². The Morgan fingerprint density at radius 2 is 1.85 bits per heavy atom. The number of nitrogens with one attached hydrogen (secondary N) is 1. The lowest BCUT2D eigenvalue weighted by Gasteiger charge is -2.29. The summed E-state index contributed by atoms with van der Waals surface area (Å²) >= 11 is 8.63. The molecule has 0 radical (unpaired) electrons. The van der Waals surface area contributed by atoms with Crippen molar-refractivity contribution in [1.82, 2.24) is 5.32 Å². The quantitative estimate of drug-likeness (QED) is 0.112. The molecule has 1 fully saturated rings. The van der Waals surface area contributed by atoms with E-state index in [9.17, 15) is 29.6 Å². The van der Waals surface area contributed by atoms with Gasteiger partial charge in [-0.25, -0.2) is 4.79 Å². The fourth-order valence-electron chi connectivity index (χ4n) is 3.79. The molecule has 0 atom stereocenters. The van der Waals surface area contributed by atoms with E-state index < -0.39 is 22.7 Å². The molecular weight excluding hydrogens is 606 g/mol. The largest absolute Gasteiger partial charge is 0.490 e. The molecule has 1 saturated heterocycles. The fraction of sp³-hybridized carbons (Fsp3) is 0.111. The molecule has 0 bridgehead atoms. The smallest absolute Gasteiger partial charge is 0.335 e. The number of anilines is 1. The molecule has 0 aromatic heterocycles. The Kier molecular flexibility index (Phi) is 8.55. The van der Waals surface area contributed by atoms with Crippen molar-refractivity contribution in [3.63, 3.8) is 0 Å². The van der Waals surface area contributed by atoms with Crippen molar-refractivity contribution in [3.8, 4) is 11.5 Å². The molecule has 1 heterocycles. The molecule has 1 aliphatic rings. The number of non-ortho nitro benzene ring substituents is 1. The normalized spacial score (nSPS) is 14.2. The first-order valence-electron chi connectivity index (χ1n) is 11.7. The number of nitro benzene ring substituents is 1. The number of carboxylic acid groups (broad SMARTS) is 1. The summed E-state index contributed by atoms with van der Waals surface area (Å²) in [5, 5.41) is 22.7. The summed E-state index contributed by atoms with van der Waals surface area (Å²) in [6.45, 7) is 2.08. The monoisotopic (exact) mass is 625 g/mol. The van der Waals surface area contributed by atoms with Gasteiger partial charge in [-0.05, 0) is 66.7 Å². The number of hydrogen-bond donors (Lipinski definition) is 2. The number of aromatic carboxylic acids is 1. The Bertz CT molecular complexity index is 1590. The van der Waals surface area contributed by atoms with Crippen molar-refractivity contribution in [2.75, 3.05) is 11.5 Å². The molecule has 2 N–H and O–H groups in total. The molecule has 3 aromatic carbocycles. The van der Waals surface area contributed by atoms with Gasteiger partial charge in [-0.1, -0.05) is 34.1 Å². The van der Waals surface area contributed by atoms with E-state index >= 15 is 0 Å². The van der Waals surface area contributed by atoms with Crippen LogP contribution in [0.15, 0.2) is 70.7 Å². The van der Waals surface area contributed by atoms with Crippen LogP contribution in [0.3, 0.4) is 0 Å². The Hall–Kier alpha value is -4.62. The van der Waals surface area contributed by atoms with Gasteiger partial charge in [0.15, 0.2) is 16.6 Å². The van der Waals surface area contributed by atoms with E-state index in [1.807, 2.05) is 0 Å². The van der Waals surface area contributed by atoms with E-state index in [1.165, 1.54) is 42.5 Å². The number of halogens is 1. The highest BCUT2D eigenvalue weighted by Gasteiger charge is 2.35. The maximum atomic E-state index is 13.4. The van der Waals surface area contributed by atoms with Crippen molar-refractivity contribution in [2.45, 2.75) is 13.5 Å². The third-order valence-corrected chi connectivity index (χ3v) is 6.60. The van der Waals surface area contributed by atoms with E-state index in [1.54, 1.807) is 31.2 Å². The minimum atomic E-state index is -1.18. The average Bonchev–Trinajstić information content (AvgIpc) is 2.92. The summed E-state index contributed by atoms with van der Waals surface area (Å²) in [6.07, 6.45) is 1.35. The summed E-state index contributed by atoms with van der Waals surface area (Å²) in [5.74, 6) is -2.01. The van der Waals surface area contributed by atoms with Gasteiger partial charge in [0.25, 0.3) is 17.5 Å². The lowest BCUT2D eigenvalue weighted by molar-refractivity contribution is -0.384. The van der Waals surface area contributed by atoms with Crippen molar-refractivity contribution < 1.29 is 33.9 Å². The molecule has 11 nitrogen and oxygen atoms in total. The van der Waals surface area contributed by atoms with Crippen LogP contribution in [0.2, 0.25) is 0 Å². The molecular formula is C27H20BrN3O8S. The van der Waals surface area contributed by atoms with Gasteiger partial charge in [0, 0.05) is 16.6 Å². The highest BCUT2D eigenvalue weighted by molar-refractivity contribution is 9.10. The SMILES string of the molecule is CCOc1cc(C=C2C(=O)NC(=S)N(c3cccc(C(=O)O)c3)C2=O)c(Br)cc1OCc1cccc([N+](=O)[O-])c1. The van der Waals surface area contributed by atoms with Gasteiger partial charge in [0.2, 0.25) is 0 Å². The first-order chi connectivity index (χ1) is 19.1. The van der Waals surface area contributed by atoms with Crippen molar-refractivity contribution in [1.29, 1.82) is 0 Å². The fourth-order valence-corrected chi connectivity index (χ4v) is 4.51. The molecule has 3 aromatic rings.